The zero-order valence-electron chi connectivity index (χ0n) is 13.3. The number of fused-ring (bicyclic) bond motifs is 1. The molecule has 0 N–H and O–H groups in total. The highest BCUT2D eigenvalue weighted by Gasteiger charge is 2.34. The minimum Gasteiger partial charge on any atom is -0.497 e. The van der Waals surface area contributed by atoms with Crippen LogP contribution in [0.3, 0.4) is 0 Å². The van der Waals surface area contributed by atoms with Crippen LogP contribution in [0.5, 0.6) is 5.75 Å². The fourth-order valence-electron chi connectivity index (χ4n) is 3.22. The number of rotatable bonds is 3. The quantitative estimate of drug-likeness (QED) is 0.720. The Bertz CT molecular complexity index is 836. The predicted octanol–water partition coefficient (Wildman–Crippen LogP) is 4.14. The molecule has 1 aliphatic heterocycles. The summed E-state index contributed by atoms with van der Waals surface area (Å²) in [4.78, 5) is 16.2. The van der Waals surface area contributed by atoms with Gasteiger partial charge in [-0.25, -0.2) is 0 Å². The Labute approximate surface area is 144 Å². The zero-order chi connectivity index (χ0) is 16.5. The number of nitrogens with zero attached hydrogens (tertiary/aromatic N) is 1. The Balaban J connectivity index is 1.76. The molecule has 0 spiro atoms. The monoisotopic (exact) mass is 339 g/mol. The number of carbonyl (C=O) groups excluding carboxylic acids is 1. The lowest BCUT2D eigenvalue weighted by Gasteiger charge is -2.35. The topological polar surface area (TPSA) is 42.7 Å². The van der Waals surface area contributed by atoms with Gasteiger partial charge in [-0.1, -0.05) is 12.1 Å². The van der Waals surface area contributed by atoms with E-state index in [1.165, 1.54) is 16.7 Å². The van der Waals surface area contributed by atoms with Crippen LogP contribution in [0.2, 0.25) is 0 Å². The van der Waals surface area contributed by atoms with Crippen LogP contribution >= 0.6 is 11.3 Å². The number of methoxy groups -OCH3 is 1. The number of thiophene rings is 1. The average Bonchev–Trinajstić information content (AvgIpc) is 3.31. The van der Waals surface area contributed by atoms with Crippen LogP contribution in [0.25, 0.3) is 0 Å². The molecule has 2 aromatic heterocycles. The smallest absolute Gasteiger partial charge is 0.290 e. The van der Waals surface area contributed by atoms with E-state index in [1.807, 2.05) is 29.2 Å². The van der Waals surface area contributed by atoms with Crippen molar-refractivity contribution >= 4 is 17.2 Å². The van der Waals surface area contributed by atoms with E-state index in [4.69, 9.17) is 9.15 Å². The molecule has 0 bridgehead atoms. The van der Waals surface area contributed by atoms with Gasteiger partial charge in [-0.3, -0.25) is 4.79 Å². The zero-order valence-corrected chi connectivity index (χ0v) is 14.1. The maximum atomic E-state index is 12.9. The number of amides is 1. The molecule has 0 radical (unpaired) electrons. The van der Waals surface area contributed by atoms with Crippen LogP contribution in [0.4, 0.5) is 0 Å². The number of hydrogen-bond donors (Lipinski definition) is 0. The summed E-state index contributed by atoms with van der Waals surface area (Å²) in [6.07, 6.45) is 2.42. The van der Waals surface area contributed by atoms with Crippen LogP contribution in [0.15, 0.2) is 58.5 Å². The van der Waals surface area contributed by atoms with E-state index >= 15 is 0 Å². The predicted molar refractivity (Wildman–Crippen MR) is 92.6 cm³/mol. The van der Waals surface area contributed by atoms with Crippen molar-refractivity contribution in [3.8, 4) is 5.75 Å². The van der Waals surface area contributed by atoms with Gasteiger partial charge < -0.3 is 14.1 Å². The molecule has 1 amide bonds. The highest BCUT2D eigenvalue weighted by atomic mass is 32.1. The van der Waals surface area contributed by atoms with Crippen molar-refractivity contribution in [1.82, 2.24) is 4.90 Å². The van der Waals surface area contributed by atoms with Crippen molar-refractivity contribution in [2.45, 2.75) is 12.5 Å². The molecule has 0 saturated carbocycles. The van der Waals surface area contributed by atoms with Crippen molar-refractivity contribution in [1.29, 1.82) is 0 Å². The maximum absolute atomic E-state index is 12.9. The molecule has 122 valence electrons. The second-order valence-electron chi connectivity index (χ2n) is 5.70. The molecular weight excluding hydrogens is 322 g/mol. The molecule has 3 heterocycles. The largest absolute Gasteiger partial charge is 0.497 e. The second kappa shape index (κ2) is 6.17. The standard InChI is InChI=1S/C19H17NO3S/c1-22-14-6-4-13(5-7-14)18-15-9-12-24-17(15)8-10-20(18)19(21)16-3-2-11-23-16/h2-7,9,11-12,18H,8,10H2,1H3/t18-/m0/s1. The first-order valence-electron chi connectivity index (χ1n) is 7.82. The van der Waals surface area contributed by atoms with Crippen molar-refractivity contribution in [3.63, 3.8) is 0 Å². The molecule has 0 fully saturated rings. The van der Waals surface area contributed by atoms with Gasteiger partial charge >= 0.3 is 0 Å². The highest BCUT2D eigenvalue weighted by Crippen LogP contribution is 2.38. The maximum Gasteiger partial charge on any atom is 0.290 e. The minimum absolute atomic E-state index is 0.0716. The van der Waals surface area contributed by atoms with Gasteiger partial charge in [-0.2, -0.15) is 0 Å². The first-order valence-corrected chi connectivity index (χ1v) is 8.70. The lowest BCUT2D eigenvalue weighted by atomic mass is 9.93. The number of furan rings is 1. The Morgan fingerprint density at radius 3 is 2.79 bits per heavy atom. The lowest BCUT2D eigenvalue weighted by molar-refractivity contribution is 0.0663. The Morgan fingerprint density at radius 1 is 1.25 bits per heavy atom. The van der Waals surface area contributed by atoms with Gasteiger partial charge in [-0.05, 0) is 53.3 Å². The van der Waals surface area contributed by atoms with Gasteiger partial charge in [0.2, 0.25) is 0 Å². The first-order chi connectivity index (χ1) is 11.8. The van der Waals surface area contributed by atoms with Crippen LogP contribution in [-0.2, 0) is 6.42 Å². The third-order valence-corrected chi connectivity index (χ3v) is 5.39. The average molecular weight is 339 g/mol. The van der Waals surface area contributed by atoms with Gasteiger partial charge in [0.15, 0.2) is 5.76 Å². The van der Waals surface area contributed by atoms with Gasteiger partial charge in [0.25, 0.3) is 5.91 Å². The summed E-state index contributed by atoms with van der Waals surface area (Å²) in [6, 6.07) is 13.4. The minimum atomic E-state index is -0.0940. The van der Waals surface area contributed by atoms with E-state index in [-0.39, 0.29) is 11.9 Å². The summed E-state index contributed by atoms with van der Waals surface area (Å²) in [5.41, 5.74) is 2.28. The van der Waals surface area contributed by atoms with Crippen molar-refractivity contribution in [3.05, 3.63) is 75.9 Å². The molecule has 3 aromatic rings. The van der Waals surface area contributed by atoms with E-state index < -0.39 is 0 Å². The van der Waals surface area contributed by atoms with Crippen molar-refractivity contribution in [2.75, 3.05) is 13.7 Å². The molecule has 1 aliphatic rings. The van der Waals surface area contributed by atoms with Crippen molar-refractivity contribution in [2.24, 2.45) is 0 Å². The van der Waals surface area contributed by atoms with E-state index in [0.29, 0.717) is 12.3 Å². The third kappa shape index (κ3) is 2.51. The highest BCUT2D eigenvalue weighted by molar-refractivity contribution is 7.10. The van der Waals surface area contributed by atoms with E-state index in [2.05, 4.69) is 11.4 Å². The summed E-state index contributed by atoms with van der Waals surface area (Å²) in [6.45, 7) is 0.684. The molecule has 1 aromatic carbocycles. The Morgan fingerprint density at radius 2 is 2.08 bits per heavy atom. The number of hydrogen-bond acceptors (Lipinski definition) is 4. The van der Waals surface area contributed by atoms with Gasteiger partial charge in [0.05, 0.1) is 19.4 Å². The fraction of sp³-hybridized carbons (Fsp3) is 0.211. The molecular formula is C19H17NO3S. The van der Waals surface area contributed by atoms with Gasteiger partial charge in [0, 0.05) is 11.4 Å². The van der Waals surface area contributed by atoms with E-state index in [0.717, 1.165) is 17.7 Å². The van der Waals surface area contributed by atoms with E-state index in [1.54, 1.807) is 30.6 Å². The normalized spacial score (nSPS) is 16.7. The lowest BCUT2D eigenvalue weighted by Crippen LogP contribution is -2.39. The fourth-order valence-corrected chi connectivity index (χ4v) is 4.13. The summed E-state index contributed by atoms with van der Waals surface area (Å²) in [7, 11) is 1.65. The molecule has 0 saturated heterocycles. The van der Waals surface area contributed by atoms with Crippen LogP contribution in [0.1, 0.15) is 32.6 Å². The number of carbonyl (C=O) groups is 1. The van der Waals surface area contributed by atoms with Crippen molar-refractivity contribution < 1.29 is 13.9 Å². The van der Waals surface area contributed by atoms with Crippen LogP contribution < -0.4 is 4.74 Å². The summed E-state index contributed by atoms with van der Waals surface area (Å²) < 4.78 is 10.6. The molecule has 0 unspecified atom stereocenters. The van der Waals surface area contributed by atoms with Crippen LogP contribution in [-0.4, -0.2) is 24.5 Å². The summed E-state index contributed by atoms with van der Waals surface area (Å²) in [5, 5.41) is 2.10. The molecule has 0 aliphatic carbocycles. The second-order valence-corrected chi connectivity index (χ2v) is 6.70. The SMILES string of the molecule is COc1ccc([C@H]2c3ccsc3CCN2C(=O)c2ccco2)cc1. The van der Waals surface area contributed by atoms with E-state index in [9.17, 15) is 4.79 Å². The summed E-state index contributed by atoms with van der Waals surface area (Å²) >= 11 is 1.76. The number of ether oxygens (including phenoxy) is 1. The van der Waals surface area contributed by atoms with Gasteiger partial charge in [-0.15, -0.1) is 11.3 Å². The van der Waals surface area contributed by atoms with Crippen LogP contribution in [0, 0.1) is 0 Å². The third-order valence-electron chi connectivity index (χ3n) is 4.39. The Kier molecular flexibility index (Phi) is 3.86. The molecule has 4 rings (SSSR count). The first kappa shape index (κ1) is 15.0. The molecule has 1 atom stereocenters. The molecule has 24 heavy (non-hydrogen) atoms. The summed E-state index contributed by atoms with van der Waals surface area (Å²) in [5.74, 6) is 1.12. The molecule has 4 nitrogen and oxygen atoms in total. The Hall–Kier alpha value is -2.53. The number of benzene rings is 1. The van der Waals surface area contributed by atoms with Gasteiger partial charge in [0.1, 0.15) is 5.75 Å². The molecule has 5 heteroatoms.